The van der Waals surface area contributed by atoms with E-state index in [-0.39, 0.29) is 0 Å². The van der Waals surface area contributed by atoms with Gasteiger partial charge in [-0.1, -0.05) is 24.3 Å². The number of aryl methyl sites for hydroxylation is 3. The van der Waals surface area contributed by atoms with Crippen LogP contribution in [0.3, 0.4) is 0 Å². The van der Waals surface area contributed by atoms with Gasteiger partial charge in [-0.3, -0.25) is 0 Å². The molecule has 1 aromatic carbocycles. The van der Waals surface area contributed by atoms with Crippen LogP contribution in [-0.2, 0) is 46.2 Å². The number of pyridine rings is 2. The molecule has 274 valence electrons. The molecule has 4 aromatic heterocycles. The molecular weight excluding hydrogens is 775 g/mol. The minimum Gasteiger partial charge on any atom is -0.741 e. The van der Waals surface area contributed by atoms with Crippen molar-refractivity contribution in [3.63, 3.8) is 0 Å². The first-order valence-electron chi connectivity index (χ1n) is 15.0. The van der Waals surface area contributed by atoms with Gasteiger partial charge in [-0.2, -0.15) is 58.2 Å². The van der Waals surface area contributed by atoms with Gasteiger partial charge in [0.2, 0.25) is 17.1 Å². The van der Waals surface area contributed by atoms with Crippen molar-refractivity contribution >= 4 is 67.2 Å². The molecule has 0 unspecified atom stereocenters. The van der Waals surface area contributed by atoms with E-state index in [9.17, 15) is 26.3 Å². The molecule has 0 fully saturated rings. The first kappa shape index (κ1) is 39.0. The predicted molar refractivity (Wildman–Crippen MR) is 183 cm³/mol. The summed E-state index contributed by atoms with van der Waals surface area (Å²) in [5, 5.41) is 8.67. The Kier molecular flexibility index (Phi) is 11.6. The van der Waals surface area contributed by atoms with E-state index in [0.29, 0.717) is 0 Å². The van der Waals surface area contributed by atoms with Gasteiger partial charge in [-0.05, 0) is 73.6 Å². The first-order valence-corrected chi connectivity index (χ1v) is 19.7. The molecule has 2 aliphatic rings. The maximum atomic E-state index is 10.7. The Labute approximate surface area is 302 Å². The SMILES string of the molecule is C(=C\c1cc(/C=C/c2ccsc2)[n+]2c(c1)-c1c(ccc3c1-c1cccc[n+]1CC3)CC2)/c1ccsc1.O=S(=O)([O-])C(F)(F)F.O=S(=O)([O-])C(F)(F)F. The van der Waals surface area contributed by atoms with E-state index in [1.807, 2.05) is 0 Å². The summed E-state index contributed by atoms with van der Waals surface area (Å²) in [7, 11) is -12.2. The zero-order chi connectivity index (χ0) is 37.9. The molecule has 0 amide bonds. The topological polar surface area (TPSA) is 122 Å². The van der Waals surface area contributed by atoms with Gasteiger partial charge in [0.15, 0.2) is 39.5 Å². The Hall–Kier alpha value is -4.20. The third kappa shape index (κ3) is 9.23. The summed E-state index contributed by atoms with van der Waals surface area (Å²) in [4.78, 5) is 0. The minimum atomic E-state index is -6.09. The Bertz CT molecular complexity index is 2290. The van der Waals surface area contributed by atoms with E-state index in [0.717, 1.165) is 25.9 Å². The molecule has 7 rings (SSSR count). The molecule has 5 aromatic rings. The summed E-state index contributed by atoms with van der Waals surface area (Å²) in [5.41, 5.74) is 2.11. The number of fused-ring (bicyclic) bond motifs is 7. The fourth-order valence-electron chi connectivity index (χ4n) is 5.53. The second kappa shape index (κ2) is 15.4. The fraction of sp³-hybridized carbons (Fsp3) is 0.176. The average molecular weight is 801 g/mol. The van der Waals surface area contributed by atoms with Crippen LogP contribution in [0.25, 0.3) is 46.8 Å². The number of rotatable bonds is 4. The summed E-state index contributed by atoms with van der Waals surface area (Å²) in [6.07, 6.45) is 13.4. The largest absolute Gasteiger partial charge is 0.741 e. The summed E-state index contributed by atoms with van der Waals surface area (Å²) in [6, 6.07) is 20.4. The highest BCUT2D eigenvalue weighted by Gasteiger charge is 2.38. The lowest BCUT2D eigenvalue weighted by atomic mass is 9.84. The summed E-state index contributed by atoms with van der Waals surface area (Å²) in [6.45, 7) is 2.04. The van der Waals surface area contributed by atoms with Gasteiger partial charge in [0.25, 0.3) is 0 Å². The average Bonchev–Trinajstić information content (AvgIpc) is 3.79. The van der Waals surface area contributed by atoms with Gasteiger partial charge < -0.3 is 9.11 Å². The standard InChI is InChI=1S/C32H26N2S2.2CHF3O3S/c1-2-14-33-15-10-26-7-8-27-11-16-34-28(9-6-24-13-18-36-22-24)19-25(5-4-23-12-17-35-21-23)20-30(34)32(27)31(26)29(33)3-1;2*2-1(3,4)8(5,6)7/h1-9,12-14,17-22H,10-11,15-16H2;2*(H,5,6,7)/q+2;;/p-2/b5-4+,9-6+;;. The summed E-state index contributed by atoms with van der Waals surface area (Å²) < 4.78 is 123. The predicted octanol–water partition coefficient (Wildman–Crippen LogP) is 7.27. The van der Waals surface area contributed by atoms with Gasteiger partial charge in [0.1, 0.15) is 0 Å². The molecule has 0 saturated carbocycles. The van der Waals surface area contributed by atoms with Gasteiger partial charge >= 0.3 is 11.0 Å². The summed E-state index contributed by atoms with van der Waals surface area (Å²) >= 11 is 3.48. The lowest BCUT2D eigenvalue weighted by molar-refractivity contribution is -0.690. The van der Waals surface area contributed by atoms with Crippen LogP contribution in [0.1, 0.15) is 33.5 Å². The quantitative estimate of drug-likeness (QED) is 0.0816. The Morgan fingerprint density at radius 3 is 1.65 bits per heavy atom. The number of thiophene rings is 2. The van der Waals surface area contributed by atoms with E-state index in [1.54, 1.807) is 22.7 Å². The van der Waals surface area contributed by atoms with E-state index in [2.05, 4.69) is 116 Å². The van der Waals surface area contributed by atoms with Gasteiger partial charge in [0.05, 0.1) is 11.1 Å². The molecule has 0 aliphatic carbocycles. The highest BCUT2D eigenvalue weighted by molar-refractivity contribution is 7.86. The molecule has 52 heavy (non-hydrogen) atoms. The molecule has 0 atom stereocenters. The Balaban J connectivity index is 0.000000275. The first-order chi connectivity index (χ1) is 24.3. The number of hydrogen-bond acceptors (Lipinski definition) is 8. The highest BCUT2D eigenvalue weighted by atomic mass is 32.2. The highest BCUT2D eigenvalue weighted by Crippen LogP contribution is 2.39. The van der Waals surface area contributed by atoms with Crippen LogP contribution in [0.5, 0.6) is 0 Å². The third-order valence-electron chi connectivity index (χ3n) is 7.85. The molecule has 0 spiro atoms. The van der Waals surface area contributed by atoms with Crippen molar-refractivity contribution in [1.29, 1.82) is 0 Å². The Morgan fingerprint density at radius 2 is 1.13 bits per heavy atom. The monoisotopic (exact) mass is 800 g/mol. The minimum absolute atomic E-state index is 0.994. The van der Waals surface area contributed by atoms with Crippen LogP contribution < -0.4 is 9.13 Å². The normalized spacial score (nSPS) is 14.0. The lowest BCUT2D eigenvalue weighted by Crippen LogP contribution is -2.44. The zero-order valence-corrected chi connectivity index (χ0v) is 29.7. The zero-order valence-electron chi connectivity index (χ0n) is 26.5. The third-order valence-corrected chi connectivity index (χ3v) is 10.4. The number of aromatic nitrogens is 2. The second-order valence-corrected chi connectivity index (χ2v) is 15.5. The van der Waals surface area contributed by atoms with Crippen molar-refractivity contribution < 1.29 is 61.4 Å². The molecule has 2 aliphatic heterocycles. The van der Waals surface area contributed by atoms with Crippen LogP contribution >= 0.6 is 22.7 Å². The van der Waals surface area contributed by atoms with Crippen LogP contribution in [0.15, 0.2) is 82.3 Å². The van der Waals surface area contributed by atoms with Gasteiger partial charge in [0, 0.05) is 43.2 Å². The van der Waals surface area contributed by atoms with Crippen molar-refractivity contribution in [1.82, 2.24) is 0 Å². The molecule has 0 radical (unpaired) electrons. The van der Waals surface area contributed by atoms with Crippen LogP contribution in [0.2, 0.25) is 0 Å². The van der Waals surface area contributed by atoms with Crippen molar-refractivity contribution in [2.24, 2.45) is 0 Å². The second-order valence-electron chi connectivity index (χ2n) is 11.2. The van der Waals surface area contributed by atoms with Crippen molar-refractivity contribution in [2.75, 3.05) is 0 Å². The van der Waals surface area contributed by atoms with Gasteiger partial charge in [-0.15, -0.1) is 0 Å². The number of hydrogen-bond donors (Lipinski definition) is 0. The number of halogens is 6. The molecule has 0 bridgehead atoms. The van der Waals surface area contributed by atoms with E-state index >= 15 is 0 Å². The number of benzene rings is 1. The number of nitrogens with zero attached hydrogens (tertiary/aromatic N) is 2. The smallest absolute Gasteiger partial charge is 0.485 e. The van der Waals surface area contributed by atoms with E-state index in [4.69, 9.17) is 25.9 Å². The molecule has 0 saturated heterocycles. The number of alkyl halides is 6. The van der Waals surface area contributed by atoms with Crippen LogP contribution in [0.4, 0.5) is 26.3 Å². The fourth-order valence-corrected chi connectivity index (χ4v) is 6.79. The summed E-state index contributed by atoms with van der Waals surface area (Å²) in [5.74, 6) is 0. The van der Waals surface area contributed by atoms with E-state index in [1.165, 1.54) is 56.0 Å². The van der Waals surface area contributed by atoms with Crippen LogP contribution in [-0.4, -0.2) is 37.0 Å². The van der Waals surface area contributed by atoms with Gasteiger partial charge in [-0.25, -0.2) is 16.8 Å². The molecule has 18 heteroatoms. The molecular formula is C34H26F6N2O6S4. The maximum Gasteiger partial charge on any atom is 0.485 e. The van der Waals surface area contributed by atoms with E-state index < -0.39 is 31.3 Å². The van der Waals surface area contributed by atoms with Crippen molar-refractivity contribution in [3.8, 4) is 22.5 Å². The Morgan fingerprint density at radius 1 is 0.635 bits per heavy atom. The van der Waals surface area contributed by atoms with Crippen molar-refractivity contribution in [3.05, 3.63) is 116 Å². The van der Waals surface area contributed by atoms with Crippen LogP contribution in [0, 0.1) is 0 Å². The maximum absolute atomic E-state index is 10.7. The molecule has 6 heterocycles. The lowest BCUT2D eigenvalue weighted by Gasteiger charge is -2.23. The van der Waals surface area contributed by atoms with Crippen molar-refractivity contribution in [2.45, 2.75) is 36.9 Å². The molecule has 8 nitrogen and oxygen atoms in total. The molecule has 0 N–H and O–H groups in total.